The van der Waals surface area contributed by atoms with E-state index in [1.807, 2.05) is 0 Å². The van der Waals surface area contributed by atoms with Gasteiger partial charge in [0.25, 0.3) is 0 Å². The minimum absolute atomic E-state index is 0.122. The Balaban J connectivity index is 1.83. The van der Waals surface area contributed by atoms with Crippen molar-refractivity contribution in [1.29, 1.82) is 0 Å². The van der Waals surface area contributed by atoms with Gasteiger partial charge in [0.2, 0.25) is 0 Å². The molecule has 0 spiro atoms. The summed E-state index contributed by atoms with van der Waals surface area (Å²) in [5.41, 5.74) is 5.27. The molecule has 1 heterocycles. The van der Waals surface area contributed by atoms with Crippen LogP contribution in [0.15, 0.2) is 0 Å². The van der Waals surface area contributed by atoms with E-state index < -0.39 is 6.29 Å². The molecule has 0 aliphatic carbocycles. The van der Waals surface area contributed by atoms with Crippen LogP contribution < -0.4 is 5.73 Å². The highest BCUT2D eigenvalue weighted by Gasteiger charge is 2.35. The van der Waals surface area contributed by atoms with Crippen LogP contribution in [0.25, 0.3) is 0 Å². The van der Waals surface area contributed by atoms with Crippen LogP contribution in [0.1, 0.15) is 19.3 Å². The first-order valence-electron chi connectivity index (χ1n) is 3.38. The number of hydrogen-bond donors (Lipinski definition) is 2. The van der Waals surface area contributed by atoms with Gasteiger partial charge in [-0.2, -0.15) is 0 Å². The van der Waals surface area contributed by atoms with E-state index in [0.717, 1.165) is 25.8 Å². The van der Waals surface area contributed by atoms with Gasteiger partial charge in [-0.25, -0.2) is 0 Å². The smallest absolute Gasteiger partial charge is 0.181 e. The van der Waals surface area contributed by atoms with Crippen LogP contribution >= 0.6 is 0 Å². The number of ether oxygens (including phenoxy) is 1. The lowest BCUT2D eigenvalue weighted by Gasteiger charge is -1.91. The normalized spacial score (nSPS) is 32.7. The minimum Gasteiger partial charge on any atom is -0.366 e. The van der Waals surface area contributed by atoms with Crippen molar-refractivity contribution in [3.05, 3.63) is 0 Å². The summed E-state index contributed by atoms with van der Waals surface area (Å²) in [6, 6.07) is 0. The Morgan fingerprint density at radius 1 is 1.44 bits per heavy atom. The van der Waals surface area contributed by atoms with Crippen molar-refractivity contribution < 1.29 is 9.84 Å². The average molecular weight is 131 g/mol. The van der Waals surface area contributed by atoms with Gasteiger partial charge < -0.3 is 15.6 Å². The lowest BCUT2D eigenvalue weighted by molar-refractivity contribution is 0.156. The van der Waals surface area contributed by atoms with E-state index >= 15 is 0 Å². The second kappa shape index (κ2) is 3.15. The monoisotopic (exact) mass is 131 g/mol. The average Bonchev–Trinajstić information content (AvgIpc) is 2.48. The van der Waals surface area contributed by atoms with E-state index in [1.54, 1.807) is 0 Å². The predicted molar refractivity (Wildman–Crippen MR) is 33.8 cm³/mol. The summed E-state index contributed by atoms with van der Waals surface area (Å²) < 4.78 is 4.78. The Kier molecular flexibility index (Phi) is 2.45. The molecular formula is C6H13NO2. The topological polar surface area (TPSA) is 58.8 Å². The zero-order valence-corrected chi connectivity index (χ0v) is 5.42. The number of aliphatic hydroxyl groups excluding tert-OH is 1. The molecule has 1 fully saturated rings. The van der Waals surface area contributed by atoms with Crippen molar-refractivity contribution in [3.63, 3.8) is 0 Å². The molecule has 3 N–H and O–H groups in total. The third-order valence-electron chi connectivity index (χ3n) is 1.50. The van der Waals surface area contributed by atoms with E-state index in [2.05, 4.69) is 0 Å². The van der Waals surface area contributed by atoms with Gasteiger partial charge in [0, 0.05) is 0 Å². The standard InChI is InChI=1S/C6H13NO2/c7-4-2-1-3-5-6(8)9-5/h5-6,8H,1-4,7H2/t5-,6?/m1/s1. The minimum atomic E-state index is -0.470. The molecule has 9 heavy (non-hydrogen) atoms. The Hall–Kier alpha value is -0.120. The summed E-state index contributed by atoms with van der Waals surface area (Å²) in [7, 11) is 0. The lowest BCUT2D eigenvalue weighted by atomic mass is 10.2. The van der Waals surface area contributed by atoms with Crippen LogP contribution in [0.3, 0.4) is 0 Å². The van der Waals surface area contributed by atoms with Crippen LogP contribution in [0.4, 0.5) is 0 Å². The van der Waals surface area contributed by atoms with Crippen LogP contribution in [0, 0.1) is 0 Å². The Morgan fingerprint density at radius 3 is 2.56 bits per heavy atom. The molecule has 0 radical (unpaired) electrons. The van der Waals surface area contributed by atoms with Gasteiger partial charge in [-0.1, -0.05) is 0 Å². The first-order valence-corrected chi connectivity index (χ1v) is 3.38. The van der Waals surface area contributed by atoms with E-state index in [0.29, 0.717) is 0 Å². The first kappa shape index (κ1) is 6.99. The molecule has 0 aromatic rings. The molecule has 1 saturated heterocycles. The predicted octanol–water partition coefficient (Wildman–Crippen LogP) is -0.167. The SMILES string of the molecule is NCCCC[C@H]1OC1O. The summed E-state index contributed by atoms with van der Waals surface area (Å²) in [5, 5.41) is 8.67. The van der Waals surface area contributed by atoms with Crippen LogP contribution in [0.5, 0.6) is 0 Å². The second-order valence-corrected chi connectivity index (χ2v) is 2.35. The van der Waals surface area contributed by atoms with Crippen molar-refractivity contribution in [2.24, 2.45) is 5.73 Å². The fourth-order valence-electron chi connectivity index (χ4n) is 0.834. The highest BCUT2D eigenvalue weighted by atomic mass is 16.7. The largest absolute Gasteiger partial charge is 0.366 e. The first-order chi connectivity index (χ1) is 4.34. The van der Waals surface area contributed by atoms with Crippen molar-refractivity contribution >= 4 is 0 Å². The Morgan fingerprint density at radius 2 is 2.11 bits per heavy atom. The third kappa shape index (κ3) is 2.30. The summed E-state index contributed by atoms with van der Waals surface area (Å²) in [5.74, 6) is 0. The Labute approximate surface area is 54.8 Å². The third-order valence-corrected chi connectivity index (χ3v) is 1.50. The molecule has 3 heteroatoms. The summed E-state index contributed by atoms with van der Waals surface area (Å²) in [4.78, 5) is 0. The van der Waals surface area contributed by atoms with Crippen LogP contribution in [-0.4, -0.2) is 24.0 Å². The molecule has 1 unspecified atom stereocenters. The van der Waals surface area contributed by atoms with E-state index in [9.17, 15) is 0 Å². The molecule has 1 aliphatic rings. The molecule has 1 aliphatic heterocycles. The number of hydrogen-bond acceptors (Lipinski definition) is 3. The maximum absolute atomic E-state index is 8.67. The molecule has 0 aromatic heterocycles. The van der Waals surface area contributed by atoms with E-state index in [1.165, 1.54) is 0 Å². The number of rotatable bonds is 4. The van der Waals surface area contributed by atoms with Crippen molar-refractivity contribution in [1.82, 2.24) is 0 Å². The molecule has 0 amide bonds. The van der Waals surface area contributed by atoms with Gasteiger partial charge in [-0.3, -0.25) is 0 Å². The van der Waals surface area contributed by atoms with Crippen LogP contribution in [-0.2, 0) is 4.74 Å². The van der Waals surface area contributed by atoms with Gasteiger partial charge in [0.05, 0.1) is 0 Å². The summed E-state index contributed by atoms with van der Waals surface area (Å²) in [6.45, 7) is 0.739. The molecule has 0 bridgehead atoms. The van der Waals surface area contributed by atoms with E-state index in [-0.39, 0.29) is 6.10 Å². The van der Waals surface area contributed by atoms with Crippen LogP contribution in [0.2, 0.25) is 0 Å². The molecule has 2 atom stereocenters. The second-order valence-electron chi connectivity index (χ2n) is 2.35. The maximum Gasteiger partial charge on any atom is 0.181 e. The number of aliphatic hydroxyl groups is 1. The van der Waals surface area contributed by atoms with Gasteiger partial charge in [-0.15, -0.1) is 0 Å². The lowest BCUT2D eigenvalue weighted by Crippen LogP contribution is -1.99. The van der Waals surface area contributed by atoms with Gasteiger partial charge in [-0.05, 0) is 25.8 Å². The zero-order chi connectivity index (χ0) is 6.69. The van der Waals surface area contributed by atoms with E-state index in [4.69, 9.17) is 15.6 Å². The molecule has 3 nitrogen and oxygen atoms in total. The van der Waals surface area contributed by atoms with Gasteiger partial charge >= 0.3 is 0 Å². The molecular weight excluding hydrogens is 118 g/mol. The fourth-order valence-corrected chi connectivity index (χ4v) is 0.834. The number of unbranched alkanes of at least 4 members (excludes halogenated alkanes) is 1. The number of nitrogens with two attached hydrogens (primary N) is 1. The molecule has 54 valence electrons. The molecule has 0 aromatic carbocycles. The van der Waals surface area contributed by atoms with Crippen molar-refractivity contribution in [2.75, 3.05) is 6.54 Å². The van der Waals surface area contributed by atoms with Crippen molar-refractivity contribution in [2.45, 2.75) is 31.7 Å². The van der Waals surface area contributed by atoms with Gasteiger partial charge in [0.15, 0.2) is 6.29 Å². The zero-order valence-electron chi connectivity index (χ0n) is 5.42. The highest BCUT2D eigenvalue weighted by molar-refractivity contribution is 4.74. The fraction of sp³-hybridized carbons (Fsp3) is 1.00. The summed E-state index contributed by atoms with van der Waals surface area (Å²) in [6.07, 6.45) is 2.71. The quantitative estimate of drug-likeness (QED) is 0.411. The van der Waals surface area contributed by atoms with Gasteiger partial charge in [0.1, 0.15) is 6.10 Å². The summed E-state index contributed by atoms with van der Waals surface area (Å²) >= 11 is 0. The maximum atomic E-state index is 8.67. The molecule has 1 rings (SSSR count). The Bertz CT molecular complexity index is 87.1. The number of epoxide rings is 1. The highest BCUT2D eigenvalue weighted by Crippen LogP contribution is 2.23. The van der Waals surface area contributed by atoms with Crippen molar-refractivity contribution in [3.8, 4) is 0 Å². The molecule has 0 saturated carbocycles.